The minimum atomic E-state index is -0.0191. The molecule has 1 amide bonds. The van der Waals surface area contributed by atoms with Crippen LogP contribution in [0, 0.1) is 0 Å². The number of nitrogens with zero attached hydrogens (tertiary/aromatic N) is 2. The third-order valence-electron chi connectivity index (χ3n) is 1.73. The minimum Gasteiger partial charge on any atom is -0.355 e. The second-order valence-electron chi connectivity index (χ2n) is 2.77. The summed E-state index contributed by atoms with van der Waals surface area (Å²) in [5.74, 6) is -0.0191. The maximum Gasteiger partial charge on any atom is 0.216 e. The van der Waals surface area contributed by atoms with Gasteiger partial charge in [-0.15, -0.1) is 0 Å². The van der Waals surface area contributed by atoms with Crippen LogP contribution in [-0.4, -0.2) is 22.0 Å². The molecule has 0 bridgehead atoms. The molecule has 13 heavy (non-hydrogen) atoms. The van der Waals surface area contributed by atoms with E-state index in [1.807, 2.05) is 4.57 Å². The molecule has 1 aromatic heterocycles. The maximum absolute atomic E-state index is 10.6. The lowest BCUT2D eigenvalue weighted by atomic mass is 10.4. The first-order valence-electron chi connectivity index (χ1n) is 4.17. The van der Waals surface area contributed by atoms with E-state index in [1.165, 1.54) is 6.92 Å². The van der Waals surface area contributed by atoms with Gasteiger partial charge in [0.25, 0.3) is 0 Å². The van der Waals surface area contributed by atoms with E-state index in [0.717, 1.165) is 5.69 Å². The SMILES string of the molecule is CC(=O)NCCn1cncc1CN. The summed E-state index contributed by atoms with van der Waals surface area (Å²) in [7, 11) is 0. The van der Waals surface area contributed by atoms with Crippen LogP contribution < -0.4 is 11.1 Å². The minimum absolute atomic E-state index is 0.0191. The Morgan fingerprint density at radius 2 is 2.54 bits per heavy atom. The van der Waals surface area contributed by atoms with Crippen LogP contribution in [-0.2, 0) is 17.9 Å². The van der Waals surface area contributed by atoms with Crippen LogP contribution >= 0.6 is 0 Å². The molecule has 5 heteroatoms. The van der Waals surface area contributed by atoms with Gasteiger partial charge in [0.1, 0.15) is 0 Å². The molecular formula is C8H14N4O. The molecule has 0 aliphatic carbocycles. The van der Waals surface area contributed by atoms with Gasteiger partial charge >= 0.3 is 0 Å². The van der Waals surface area contributed by atoms with Crippen molar-refractivity contribution in [2.24, 2.45) is 5.73 Å². The van der Waals surface area contributed by atoms with E-state index in [1.54, 1.807) is 12.5 Å². The number of hydrogen-bond acceptors (Lipinski definition) is 3. The van der Waals surface area contributed by atoms with Crippen molar-refractivity contribution in [3.05, 3.63) is 18.2 Å². The van der Waals surface area contributed by atoms with Gasteiger partial charge < -0.3 is 15.6 Å². The smallest absolute Gasteiger partial charge is 0.216 e. The van der Waals surface area contributed by atoms with Crippen LogP contribution in [0.15, 0.2) is 12.5 Å². The normalized spacial score (nSPS) is 10.0. The van der Waals surface area contributed by atoms with Crippen molar-refractivity contribution in [2.75, 3.05) is 6.54 Å². The Labute approximate surface area is 76.9 Å². The van der Waals surface area contributed by atoms with E-state index in [2.05, 4.69) is 10.3 Å². The molecule has 1 rings (SSSR count). The molecule has 72 valence electrons. The van der Waals surface area contributed by atoms with Gasteiger partial charge in [0.2, 0.25) is 5.91 Å². The Morgan fingerprint density at radius 3 is 3.15 bits per heavy atom. The molecule has 0 saturated carbocycles. The van der Waals surface area contributed by atoms with E-state index in [9.17, 15) is 4.79 Å². The van der Waals surface area contributed by atoms with Gasteiger partial charge in [-0.1, -0.05) is 0 Å². The van der Waals surface area contributed by atoms with Gasteiger partial charge in [0.15, 0.2) is 0 Å². The summed E-state index contributed by atoms with van der Waals surface area (Å²) >= 11 is 0. The second-order valence-corrected chi connectivity index (χ2v) is 2.77. The highest BCUT2D eigenvalue weighted by Gasteiger charge is 1.98. The fraction of sp³-hybridized carbons (Fsp3) is 0.500. The monoisotopic (exact) mass is 182 g/mol. The number of hydrogen-bond donors (Lipinski definition) is 2. The third kappa shape index (κ3) is 2.87. The van der Waals surface area contributed by atoms with Crippen LogP contribution in [0.3, 0.4) is 0 Å². The van der Waals surface area contributed by atoms with Gasteiger partial charge in [-0.05, 0) is 0 Å². The van der Waals surface area contributed by atoms with Crippen molar-refractivity contribution < 1.29 is 4.79 Å². The van der Waals surface area contributed by atoms with Crippen LogP contribution in [0.4, 0.5) is 0 Å². The van der Waals surface area contributed by atoms with Crippen LogP contribution in [0.25, 0.3) is 0 Å². The van der Waals surface area contributed by atoms with Gasteiger partial charge in [-0.25, -0.2) is 4.98 Å². The number of carbonyl (C=O) groups is 1. The molecule has 0 fully saturated rings. The van der Waals surface area contributed by atoms with Gasteiger partial charge in [-0.2, -0.15) is 0 Å². The molecule has 5 nitrogen and oxygen atoms in total. The maximum atomic E-state index is 10.6. The van der Waals surface area contributed by atoms with Gasteiger partial charge in [0, 0.05) is 32.8 Å². The Bertz CT molecular complexity index is 281. The summed E-state index contributed by atoms with van der Waals surface area (Å²) < 4.78 is 1.93. The Morgan fingerprint density at radius 1 is 1.77 bits per heavy atom. The number of carbonyl (C=O) groups excluding carboxylic acids is 1. The largest absolute Gasteiger partial charge is 0.355 e. The van der Waals surface area contributed by atoms with Crippen molar-refractivity contribution in [3.8, 4) is 0 Å². The summed E-state index contributed by atoms with van der Waals surface area (Å²) in [6, 6.07) is 0. The highest BCUT2D eigenvalue weighted by molar-refractivity contribution is 5.72. The van der Waals surface area contributed by atoms with Crippen molar-refractivity contribution in [1.82, 2.24) is 14.9 Å². The van der Waals surface area contributed by atoms with Crippen LogP contribution in [0.2, 0.25) is 0 Å². The lowest BCUT2D eigenvalue weighted by Crippen LogP contribution is -2.25. The summed E-state index contributed by atoms with van der Waals surface area (Å²) in [4.78, 5) is 14.5. The predicted octanol–water partition coefficient (Wildman–Crippen LogP) is -0.522. The Hall–Kier alpha value is -1.36. The second kappa shape index (κ2) is 4.61. The number of aromatic nitrogens is 2. The average molecular weight is 182 g/mol. The van der Waals surface area contributed by atoms with Crippen LogP contribution in [0.5, 0.6) is 0 Å². The summed E-state index contributed by atoms with van der Waals surface area (Å²) in [6.07, 6.45) is 3.44. The van der Waals surface area contributed by atoms with E-state index < -0.39 is 0 Å². The fourth-order valence-electron chi connectivity index (χ4n) is 1.07. The molecule has 0 spiro atoms. The summed E-state index contributed by atoms with van der Waals surface area (Å²) in [6.45, 7) is 3.29. The van der Waals surface area contributed by atoms with E-state index >= 15 is 0 Å². The highest BCUT2D eigenvalue weighted by Crippen LogP contribution is 1.96. The van der Waals surface area contributed by atoms with Gasteiger partial charge in [0.05, 0.1) is 12.0 Å². The van der Waals surface area contributed by atoms with E-state index in [-0.39, 0.29) is 5.91 Å². The molecule has 1 heterocycles. The molecule has 0 aliphatic rings. The van der Waals surface area contributed by atoms with E-state index in [4.69, 9.17) is 5.73 Å². The standard InChI is InChI=1S/C8H14N4O/c1-7(13)11-2-3-12-6-10-5-8(12)4-9/h5-6H,2-4,9H2,1H3,(H,11,13). The number of imidazole rings is 1. The topological polar surface area (TPSA) is 72.9 Å². The number of nitrogens with two attached hydrogens (primary N) is 1. The van der Waals surface area contributed by atoms with Crippen LogP contribution in [0.1, 0.15) is 12.6 Å². The molecule has 1 aromatic rings. The Balaban J connectivity index is 2.40. The number of amides is 1. The van der Waals surface area contributed by atoms with Crippen molar-refractivity contribution in [1.29, 1.82) is 0 Å². The predicted molar refractivity (Wildman–Crippen MR) is 48.8 cm³/mol. The molecule has 0 radical (unpaired) electrons. The van der Waals surface area contributed by atoms with Crippen molar-refractivity contribution in [3.63, 3.8) is 0 Å². The molecule has 0 aromatic carbocycles. The lowest BCUT2D eigenvalue weighted by Gasteiger charge is -2.06. The molecule has 0 aliphatic heterocycles. The summed E-state index contributed by atoms with van der Waals surface area (Å²) in [5, 5.41) is 2.71. The molecule has 3 N–H and O–H groups in total. The zero-order valence-electron chi connectivity index (χ0n) is 7.66. The zero-order chi connectivity index (χ0) is 9.68. The first kappa shape index (κ1) is 9.73. The number of rotatable bonds is 4. The van der Waals surface area contributed by atoms with E-state index in [0.29, 0.717) is 19.6 Å². The summed E-state index contributed by atoms with van der Waals surface area (Å²) in [5.41, 5.74) is 6.46. The Kier molecular flexibility index (Phi) is 3.45. The average Bonchev–Trinajstić information content (AvgIpc) is 2.51. The number of nitrogens with one attached hydrogen (secondary N) is 1. The van der Waals surface area contributed by atoms with Crippen molar-refractivity contribution >= 4 is 5.91 Å². The van der Waals surface area contributed by atoms with Gasteiger partial charge in [-0.3, -0.25) is 4.79 Å². The quantitative estimate of drug-likeness (QED) is 0.658. The molecule has 0 unspecified atom stereocenters. The van der Waals surface area contributed by atoms with Crippen molar-refractivity contribution in [2.45, 2.75) is 20.0 Å². The lowest BCUT2D eigenvalue weighted by molar-refractivity contribution is -0.118. The first-order chi connectivity index (χ1) is 6.24. The fourth-order valence-corrected chi connectivity index (χ4v) is 1.07. The molecular weight excluding hydrogens is 168 g/mol. The first-order valence-corrected chi connectivity index (χ1v) is 4.17. The molecule has 0 saturated heterocycles. The zero-order valence-corrected chi connectivity index (χ0v) is 7.66. The highest BCUT2D eigenvalue weighted by atomic mass is 16.1. The third-order valence-corrected chi connectivity index (χ3v) is 1.73. The molecule has 0 atom stereocenters.